The van der Waals surface area contributed by atoms with Crippen LogP contribution in [0.5, 0.6) is 0 Å². The molecule has 160 valence electrons. The summed E-state index contributed by atoms with van der Waals surface area (Å²) in [5.74, 6) is 0. The highest BCUT2D eigenvalue weighted by molar-refractivity contribution is 7.86. The maximum absolute atomic E-state index is 12.3. The van der Waals surface area contributed by atoms with Crippen molar-refractivity contribution < 1.29 is 12.6 Å². The fourth-order valence-corrected chi connectivity index (χ4v) is 4.09. The molecule has 29 heavy (non-hydrogen) atoms. The van der Waals surface area contributed by atoms with Gasteiger partial charge in [-0.05, 0) is 65.3 Å². The lowest BCUT2D eigenvalue weighted by Crippen LogP contribution is -2.20. The van der Waals surface area contributed by atoms with Crippen molar-refractivity contribution >= 4 is 10.1 Å². The molecule has 2 aromatic rings. The van der Waals surface area contributed by atoms with Gasteiger partial charge in [-0.3, -0.25) is 4.18 Å². The van der Waals surface area contributed by atoms with Crippen LogP contribution < -0.4 is 0 Å². The Bertz CT molecular complexity index is 863. The molecule has 0 atom stereocenters. The van der Waals surface area contributed by atoms with E-state index in [0.717, 1.165) is 19.3 Å². The van der Waals surface area contributed by atoms with E-state index in [1.54, 1.807) is 30.3 Å². The van der Waals surface area contributed by atoms with Crippen LogP contribution in [-0.2, 0) is 31.6 Å². The Balaban J connectivity index is 2.13. The first kappa shape index (κ1) is 23.6. The zero-order valence-electron chi connectivity index (χ0n) is 18.8. The summed E-state index contributed by atoms with van der Waals surface area (Å²) in [4.78, 5) is 0.207. The van der Waals surface area contributed by atoms with Crippen molar-refractivity contribution in [3.8, 4) is 0 Å². The van der Waals surface area contributed by atoms with E-state index in [1.165, 1.54) is 16.7 Å². The molecule has 0 N–H and O–H groups in total. The van der Waals surface area contributed by atoms with Crippen LogP contribution in [0.15, 0.2) is 53.4 Å². The first-order valence-corrected chi connectivity index (χ1v) is 12.0. The minimum atomic E-state index is -3.69. The summed E-state index contributed by atoms with van der Waals surface area (Å²) in [6.07, 6.45) is 3.60. The van der Waals surface area contributed by atoms with Crippen molar-refractivity contribution in [2.24, 2.45) is 0 Å². The molecule has 2 rings (SSSR count). The maximum Gasteiger partial charge on any atom is 0.296 e. The molecule has 0 aliphatic rings. The average Bonchev–Trinajstić information content (AvgIpc) is 2.71. The predicted octanol–water partition coefficient (Wildman–Crippen LogP) is 6.40. The van der Waals surface area contributed by atoms with E-state index >= 15 is 0 Å². The van der Waals surface area contributed by atoms with Crippen LogP contribution in [0.3, 0.4) is 0 Å². The van der Waals surface area contributed by atoms with Gasteiger partial charge in [-0.2, -0.15) is 8.42 Å². The summed E-state index contributed by atoms with van der Waals surface area (Å²) in [6.45, 7) is 13.8. The zero-order valence-corrected chi connectivity index (χ0v) is 19.6. The van der Waals surface area contributed by atoms with Gasteiger partial charge in [-0.25, -0.2) is 0 Å². The molecule has 0 spiro atoms. The van der Waals surface area contributed by atoms with Crippen molar-refractivity contribution in [1.29, 1.82) is 0 Å². The molecule has 0 saturated heterocycles. The molecule has 0 radical (unpaired) electrons. The van der Waals surface area contributed by atoms with E-state index in [0.29, 0.717) is 6.42 Å². The largest absolute Gasteiger partial charge is 0.296 e. The number of rotatable bonds is 10. The van der Waals surface area contributed by atoms with E-state index in [4.69, 9.17) is 4.18 Å². The highest BCUT2D eigenvalue weighted by atomic mass is 32.2. The molecular formula is C25H36O3S. The van der Waals surface area contributed by atoms with Gasteiger partial charge in [0.2, 0.25) is 0 Å². The summed E-state index contributed by atoms with van der Waals surface area (Å²) in [5, 5.41) is 0. The lowest BCUT2D eigenvalue weighted by atomic mass is 9.75. The first-order valence-electron chi connectivity index (χ1n) is 10.6. The van der Waals surface area contributed by atoms with Gasteiger partial charge in [0.25, 0.3) is 10.1 Å². The van der Waals surface area contributed by atoms with Crippen molar-refractivity contribution in [3.05, 3.63) is 65.2 Å². The number of benzene rings is 2. The van der Waals surface area contributed by atoms with Crippen LogP contribution in [-0.4, -0.2) is 15.0 Å². The van der Waals surface area contributed by atoms with Crippen molar-refractivity contribution in [2.75, 3.05) is 6.61 Å². The van der Waals surface area contributed by atoms with Crippen molar-refractivity contribution in [1.82, 2.24) is 0 Å². The van der Waals surface area contributed by atoms with Gasteiger partial charge in [-0.1, -0.05) is 77.9 Å². The summed E-state index contributed by atoms with van der Waals surface area (Å²) >= 11 is 0. The summed E-state index contributed by atoms with van der Waals surface area (Å²) in [6, 6.07) is 15.2. The van der Waals surface area contributed by atoms with Gasteiger partial charge < -0.3 is 0 Å². The zero-order chi connectivity index (χ0) is 21.7. The van der Waals surface area contributed by atoms with Gasteiger partial charge in [-0.15, -0.1) is 0 Å². The van der Waals surface area contributed by atoms with Crippen molar-refractivity contribution in [3.63, 3.8) is 0 Å². The van der Waals surface area contributed by atoms with E-state index < -0.39 is 10.1 Å². The molecule has 0 aromatic heterocycles. The molecule has 0 heterocycles. The Kier molecular flexibility index (Phi) is 7.69. The van der Waals surface area contributed by atoms with Gasteiger partial charge in [0.05, 0.1) is 11.5 Å². The second-order valence-corrected chi connectivity index (χ2v) is 10.7. The van der Waals surface area contributed by atoms with Gasteiger partial charge in [0.15, 0.2) is 0 Å². The molecule has 0 aliphatic heterocycles. The monoisotopic (exact) mass is 416 g/mol. The molecule has 2 aromatic carbocycles. The quantitative estimate of drug-likeness (QED) is 0.332. The van der Waals surface area contributed by atoms with Crippen LogP contribution in [0, 0.1) is 0 Å². The van der Waals surface area contributed by atoms with Gasteiger partial charge in [0, 0.05) is 0 Å². The Morgan fingerprint density at radius 3 is 1.83 bits per heavy atom. The highest BCUT2D eigenvalue weighted by Crippen LogP contribution is 2.34. The molecule has 0 unspecified atom stereocenters. The topological polar surface area (TPSA) is 43.4 Å². The molecular weight excluding hydrogens is 380 g/mol. The normalized spacial score (nSPS) is 12.9. The molecule has 0 amide bonds. The van der Waals surface area contributed by atoms with E-state index in [2.05, 4.69) is 59.7 Å². The third-order valence-electron chi connectivity index (χ3n) is 6.20. The third kappa shape index (κ3) is 6.16. The Labute approximate surface area is 177 Å². The summed E-state index contributed by atoms with van der Waals surface area (Å²) in [5.41, 5.74) is 4.18. The SMILES string of the molecule is CCC(C)(C)c1cc(CCCOS(=O)(=O)c2ccccc2)cc(C(C)(C)CC)c1. The Morgan fingerprint density at radius 1 is 0.828 bits per heavy atom. The predicted molar refractivity (Wildman–Crippen MR) is 121 cm³/mol. The van der Waals surface area contributed by atoms with E-state index in [9.17, 15) is 8.42 Å². The lowest BCUT2D eigenvalue weighted by molar-refractivity contribution is 0.312. The van der Waals surface area contributed by atoms with Crippen LogP contribution >= 0.6 is 0 Å². The molecule has 0 aliphatic carbocycles. The number of hydrogen-bond donors (Lipinski definition) is 0. The molecule has 0 fully saturated rings. The van der Waals surface area contributed by atoms with Crippen LogP contribution in [0.2, 0.25) is 0 Å². The van der Waals surface area contributed by atoms with Crippen LogP contribution in [0.4, 0.5) is 0 Å². The maximum atomic E-state index is 12.3. The molecule has 4 heteroatoms. The lowest BCUT2D eigenvalue weighted by Gasteiger charge is -2.29. The minimum absolute atomic E-state index is 0.113. The molecule has 0 bridgehead atoms. The van der Waals surface area contributed by atoms with Crippen LogP contribution in [0.25, 0.3) is 0 Å². The van der Waals surface area contributed by atoms with E-state index in [-0.39, 0.29) is 22.3 Å². The fraction of sp³-hybridized carbons (Fsp3) is 0.520. The second kappa shape index (κ2) is 9.44. The van der Waals surface area contributed by atoms with Crippen molar-refractivity contribution in [2.45, 2.75) is 83.0 Å². The summed E-state index contributed by atoms with van der Waals surface area (Å²) < 4.78 is 29.8. The van der Waals surface area contributed by atoms with Crippen LogP contribution in [0.1, 0.15) is 77.5 Å². The van der Waals surface area contributed by atoms with E-state index in [1.807, 2.05) is 0 Å². The smallest absolute Gasteiger partial charge is 0.266 e. The Morgan fingerprint density at radius 2 is 1.34 bits per heavy atom. The Hall–Kier alpha value is -1.65. The number of hydrogen-bond acceptors (Lipinski definition) is 3. The average molecular weight is 417 g/mol. The minimum Gasteiger partial charge on any atom is -0.266 e. The molecule has 3 nitrogen and oxygen atoms in total. The first-order chi connectivity index (χ1) is 13.5. The second-order valence-electron chi connectivity index (χ2n) is 9.09. The molecule has 0 saturated carbocycles. The number of aryl methyl sites for hydroxylation is 1. The van der Waals surface area contributed by atoms with Gasteiger partial charge >= 0.3 is 0 Å². The summed E-state index contributed by atoms with van der Waals surface area (Å²) in [7, 11) is -3.69. The highest BCUT2D eigenvalue weighted by Gasteiger charge is 2.24. The standard InChI is InChI=1S/C25H36O3S/c1-7-24(3,4)21-17-20(18-22(19-21)25(5,6)8-2)13-12-16-28-29(26,27)23-14-10-9-11-15-23/h9-11,14-15,17-19H,7-8,12-13,16H2,1-6H3. The third-order valence-corrected chi connectivity index (χ3v) is 7.53. The fourth-order valence-electron chi connectivity index (χ4n) is 3.13. The van der Waals surface area contributed by atoms with Gasteiger partial charge in [0.1, 0.15) is 0 Å².